The van der Waals surface area contributed by atoms with E-state index in [9.17, 15) is 5.11 Å². The van der Waals surface area contributed by atoms with Gasteiger partial charge in [0.05, 0.1) is 12.7 Å². The van der Waals surface area contributed by atoms with Gasteiger partial charge in [-0.05, 0) is 55.9 Å². The highest BCUT2D eigenvalue weighted by molar-refractivity contribution is 5.35. The predicted molar refractivity (Wildman–Crippen MR) is 60.0 cm³/mol. The third-order valence-corrected chi connectivity index (χ3v) is 2.79. The third-order valence-electron chi connectivity index (χ3n) is 2.79. The minimum atomic E-state index is -0.302. The van der Waals surface area contributed by atoms with Crippen molar-refractivity contribution in [1.29, 1.82) is 0 Å². The summed E-state index contributed by atoms with van der Waals surface area (Å²) in [4.78, 5) is 0. The van der Waals surface area contributed by atoms with Crippen molar-refractivity contribution in [3.63, 3.8) is 0 Å². The van der Waals surface area contributed by atoms with Gasteiger partial charge < -0.3 is 9.84 Å². The van der Waals surface area contributed by atoms with Gasteiger partial charge >= 0.3 is 0 Å². The van der Waals surface area contributed by atoms with Gasteiger partial charge in [0.2, 0.25) is 0 Å². The van der Waals surface area contributed by atoms with Gasteiger partial charge in [-0.1, -0.05) is 6.07 Å². The van der Waals surface area contributed by atoms with Crippen molar-refractivity contribution in [2.24, 2.45) is 5.92 Å². The summed E-state index contributed by atoms with van der Waals surface area (Å²) in [6, 6.07) is 6.01. The van der Waals surface area contributed by atoms with Gasteiger partial charge in [-0.15, -0.1) is 0 Å². The number of hydrogen-bond acceptors (Lipinski definition) is 2. The zero-order chi connectivity index (χ0) is 10.8. The highest BCUT2D eigenvalue weighted by Crippen LogP contribution is 2.41. The number of aliphatic hydroxyl groups is 1. The Morgan fingerprint density at radius 3 is 2.73 bits per heavy atom. The van der Waals surface area contributed by atoms with Crippen molar-refractivity contribution in [3.8, 4) is 5.75 Å². The first-order chi connectivity index (χ1) is 7.20. The fourth-order valence-corrected chi connectivity index (χ4v) is 1.88. The lowest BCUT2D eigenvalue weighted by atomic mass is 10.0. The summed E-state index contributed by atoms with van der Waals surface area (Å²) in [6.45, 7) is 4.67. The van der Waals surface area contributed by atoms with Crippen LogP contribution in [0, 0.1) is 12.8 Å². The highest BCUT2D eigenvalue weighted by Gasteiger charge is 2.30. The van der Waals surface area contributed by atoms with Gasteiger partial charge in [0.25, 0.3) is 0 Å². The number of aliphatic hydroxyl groups excluding tert-OH is 1. The van der Waals surface area contributed by atoms with Gasteiger partial charge in [-0.3, -0.25) is 0 Å². The van der Waals surface area contributed by atoms with Crippen LogP contribution in [0.3, 0.4) is 0 Å². The van der Waals surface area contributed by atoms with Crippen LogP contribution in [0.1, 0.15) is 37.0 Å². The molecule has 15 heavy (non-hydrogen) atoms. The molecule has 82 valence electrons. The molecule has 2 heteroatoms. The maximum atomic E-state index is 10.0. The molecule has 0 aliphatic heterocycles. The van der Waals surface area contributed by atoms with Crippen LogP contribution in [0.4, 0.5) is 0 Å². The summed E-state index contributed by atoms with van der Waals surface area (Å²) < 4.78 is 5.47. The van der Waals surface area contributed by atoms with E-state index in [0.29, 0.717) is 12.5 Å². The Bertz CT molecular complexity index is 342. The molecular formula is C13H18O2. The largest absolute Gasteiger partial charge is 0.494 e. The Balaban J connectivity index is 2.21. The van der Waals surface area contributed by atoms with E-state index < -0.39 is 0 Å². The van der Waals surface area contributed by atoms with Crippen molar-refractivity contribution in [2.45, 2.75) is 32.8 Å². The topological polar surface area (TPSA) is 29.5 Å². The molecule has 1 fully saturated rings. The summed E-state index contributed by atoms with van der Waals surface area (Å²) in [5.74, 6) is 1.34. The van der Waals surface area contributed by atoms with Crippen molar-refractivity contribution in [1.82, 2.24) is 0 Å². The Morgan fingerprint density at radius 2 is 2.13 bits per heavy atom. The van der Waals surface area contributed by atoms with Gasteiger partial charge in [0.15, 0.2) is 0 Å². The van der Waals surface area contributed by atoms with Crippen LogP contribution in [-0.2, 0) is 0 Å². The molecular weight excluding hydrogens is 188 g/mol. The smallest absolute Gasteiger partial charge is 0.119 e. The maximum Gasteiger partial charge on any atom is 0.119 e. The maximum absolute atomic E-state index is 10.0. The standard InChI is InChI=1S/C13H18O2/c1-3-15-12-7-9(2)6-11(8-12)13(14)10-4-5-10/h6-8,10,13-14H,3-5H2,1-2H3. The zero-order valence-electron chi connectivity index (χ0n) is 9.36. The van der Waals surface area contributed by atoms with Crippen LogP contribution in [0.15, 0.2) is 18.2 Å². The molecule has 1 N–H and O–H groups in total. The summed E-state index contributed by atoms with van der Waals surface area (Å²) in [5, 5.41) is 10.0. The van der Waals surface area contributed by atoms with E-state index in [1.165, 1.54) is 0 Å². The first-order valence-electron chi connectivity index (χ1n) is 5.63. The molecule has 1 saturated carbocycles. The minimum absolute atomic E-state index is 0.302. The summed E-state index contributed by atoms with van der Waals surface area (Å²) in [7, 11) is 0. The molecule has 1 aliphatic carbocycles. The van der Waals surface area contributed by atoms with Crippen LogP contribution < -0.4 is 4.74 Å². The van der Waals surface area contributed by atoms with Crippen molar-refractivity contribution >= 4 is 0 Å². The first-order valence-corrected chi connectivity index (χ1v) is 5.63. The van der Waals surface area contributed by atoms with E-state index in [0.717, 1.165) is 29.7 Å². The van der Waals surface area contributed by atoms with E-state index >= 15 is 0 Å². The van der Waals surface area contributed by atoms with Crippen LogP contribution >= 0.6 is 0 Å². The molecule has 0 amide bonds. The van der Waals surface area contributed by atoms with Crippen molar-refractivity contribution in [2.75, 3.05) is 6.61 Å². The molecule has 1 aromatic carbocycles. The van der Waals surface area contributed by atoms with Crippen molar-refractivity contribution in [3.05, 3.63) is 29.3 Å². The van der Waals surface area contributed by atoms with Crippen LogP contribution in [0.2, 0.25) is 0 Å². The van der Waals surface area contributed by atoms with Gasteiger partial charge in [-0.25, -0.2) is 0 Å². The second kappa shape index (κ2) is 4.23. The first kappa shape index (κ1) is 10.5. The molecule has 0 bridgehead atoms. The van der Waals surface area contributed by atoms with E-state index in [-0.39, 0.29) is 6.10 Å². The van der Waals surface area contributed by atoms with Crippen LogP contribution in [0.25, 0.3) is 0 Å². The molecule has 0 spiro atoms. The summed E-state index contributed by atoms with van der Waals surface area (Å²) >= 11 is 0. The fraction of sp³-hybridized carbons (Fsp3) is 0.538. The normalized spacial score (nSPS) is 17.5. The number of benzene rings is 1. The van der Waals surface area contributed by atoms with Crippen LogP contribution in [0.5, 0.6) is 5.75 Å². The average Bonchev–Trinajstić information content (AvgIpc) is 2.99. The highest BCUT2D eigenvalue weighted by atomic mass is 16.5. The van der Waals surface area contributed by atoms with Gasteiger partial charge in [0, 0.05) is 0 Å². The van der Waals surface area contributed by atoms with Crippen molar-refractivity contribution < 1.29 is 9.84 Å². The molecule has 1 atom stereocenters. The van der Waals surface area contributed by atoms with Gasteiger partial charge in [0.1, 0.15) is 5.75 Å². The van der Waals surface area contributed by atoms with Gasteiger partial charge in [-0.2, -0.15) is 0 Å². The molecule has 1 aliphatic rings. The monoisotopic (exact) mass is 206 g/mol. The lowest BCUT2D eigenvalue weighted by Crippen LogP contribution is -2.01. The molecule has 0 radical (unpaired) electrons. The third kappa shape index (κ3) is 2.51. The fourth-order valence-electron chi connectivity index (χ4n) is 1.88. The number of aryl methyl sites for hydroxylation is 1. The Kier molecular flexibility index (Phi) is 2.96. The number of hydrogen-bond donors (Lipinski definition) is 1. The zero-order valence-corrected chi connectivity index (χ0v) is 9.36. The molecule has 1 aromatic rings. The second-order valence-corrected chi connectivity index (χ2v) is 4.29. The molecule has 0 aromatic heterocycles. The summed E-state index contributed by atoms with van der Waals surface area (Å²) in [5.41, 5.74) is 2.15. The van der Waals surface area contributed by atoms with E-state index in [2.05, 4.69) is 0 Å². The summed E-state index contributed by atoms with van der Waals surface area (Å²) in [6.07, 6.45) is 2.00. The molecule has 2 rings (SSSR count). The van der Waals surface area contributed by atoms with E-state index in [1.54, 1.807) is 0 Å². The lowest BCUT2D eigenvalue weighted by Gasteiger charge is -2.13. The molecule has 2 nitrogen and oxygen atoms in total. The SMILES string of the molecule is CCOc1cc(C)cc(C(O)C2CC2)c1. The van der Waals surface area contributed by atoms with E-state index in [4.69, 9.17) is 4.74 Å². The number of ether oxygens (including phenoxy) is 1. The predicted octanol–water partition coefficient (Wildman–Crippen LogP) is 2.84. The molecule has 0 heterocycles. The average molecular weight is 206 g/mol. The number of rotatable bonds is 4. The Hall–Kier alpha value is -1.02. The lowest BCUT2D eigenvalue weighted by molar-refractivity contribution is 0.153. The quantitative estimate of drug-likeness (QED) is 0.820. The minimum Gasteiger partial charge on any atom is -0.494 e. The van der Waals surface area contributed by atoms with E-state index in [1.807, 2.05) is 32.0 Å². The van der Waals surface area contributed by atoms with Crippen LogP contribution in [-0.4, -0.2) is 11.7 Å². The Morgan fingerprint density at radius 1 is 1.40 bits per heavy atom. The Labute approximate surface area is 90.9 Å². The molecule has 1 unspecified atom stereocenters. The second-order valence-electron chi connectivity index (χ2n) is 4.29. The molecule has 0 saturated heterocycles.